The molecule has 0 unspecified atom stereocenters. The van der Waals surface area contributed by atoms with E-state index in [0.29, 0.717) is 15.9 Å². The Kier molecular flexibility index (Phi) is 2.73. The molecule has 0 aliphatic carbocycles. The van der Waals surface area contributed by atoms with Crippen LogP contribution in [0, 0.1) is 11.6 Å². The lowest BCUT2D eigenvalue weighted by Crippen LogP contribution is -2.30. The second kappa shape index (κ2) is 4.56. The molecule has 1 N–H and O–H groups in total. The first-order chi connectivity index (χ1) is 11.0. The molecule has 6 nitrogen and oxygen atoms in total. The molecule has 114 valence electrons. The van der Waals surface area contributed by atoms with Gasteiger partial charge in [-0.2, -0.15) is 5.10 Å². The summed E-state index contributed by atoms with van der Waals surface area (Å²) in [5, 5.41) is 6.00. The number of hydrogen-bond donors (Lipinski definition) is 1. The zero-order chi connectivity index (χ0) is 16.3. The lowest BCUT2D eigenvalue weighted by atomic mass is 10.1. The molecule has 0 bridgehead atoms. The standard InChI is InChI=1S/C14H5ClF2N4O2/c15-10-7(16)1-2-8(17)11(10)21-13(22)6-3-18-12-5(4-19-20-12)9(6)14(21)23/h1-4H,(H,18,19,20). The van der Waals surface area contributed by atoms with Gasteiger partial charge in [0.25, 0.3) is 11.8 Å². The van der Waals surface area contributed by atoms with E-state index < -0.39 is 34.2 Å². The molecule has 2 aromatic heterocycles. The highest BCUT2D eigenvalue weighted by Crippen LogP contribution is 2.38. The van der Waals surface area contributed by atoms with Gasteiger partial charge in [0.1, 0.15) is 22.3 Å². The lowest BCUT2D eigenvalue weighted by Gasteiger charge is -2.16. The normalized spacial score (nSPS) is 14.0. The van der Waals surface area contributed by atoms with Gasteiger partial charge in [-0.15, -0.1) is 0 Å². The number of aromatic amines is 1. The summed E-state index contributed by atoms with van der Waals surface area (Å²) >= 11 is 5.75. The number of carbonyl (C=O) groups is 2. The molecule has 3 heterocycles. The fourth-order valence-corrected chi connectivity index (χ4v) is 2.78. The summed E-state index contributed by atoms with van der Waals surface area (Å²) in [5.74, 6) is -3.56. The van der Waals surface area contributed by atoms with Crippen molar-refractivity contribution in [2.24, 2.45) is 0 Å². The molecule has 3 aromatic rings. The minimum absolute atomic E-state index is 0.0217. The zero-order valence-electron chi connectivity index (χ0n) is 11.1. The van der Waals surface area contributed by atoms with Gasteiger partial charge in [-0.1, -0.05) is 11.6 Å². The first-order valence-corrected chi connectivity index (χ1v) is 6.73. The summed E-state index contributed by atoms with van der Waals surface area (Å²) in [5.41, 5.74) is -0.316. The maximum atomic E-state index is 14.1. The molecule has 23 heavy (non-hydrogen) atoms. The minimum Gasteiger partial charge on any atom is -0.268 e. The van der Waals surface area contributed by atoms with Gasteiger partial charge >= 0.3 is 0 Å². The molecular weight excluding hydrogens is 330 g/mol. The predicted molar refractivity (Wildman–Crippen MR) is 76.4 cm³/mol. The van der Waals surface area contributed by atoms with Crippen molar-refractivity contribution in [1.29, 1.82) is 0 Å². The van der Waals surface area contributed by atoms with Crippen molar-refractivity contribution in [3.63, 3.8) is 0 Å². The second-order valence-corrected chi connectivity index (χ2v) is 5.19. The number of pyridine rings is 1. The molecule has 1 aliphatic rings. The van der Waals surface area contributed by atoms with Crippen LogP contribution in [-0.4, -0.2) is 27.0 Å². The Morgan fingerprint density at radius 2 is 1.83 bits per heavy atom. The number of nitrogens with one attached hydrogen (secondary N) is 1. The molecule has 9 heteroatoms. The number of imide groups is 1. The first-order valence-electron chi connectivity index (χ1n) is 6.35. The van der Waals surface area contributed by atoms with E-state index in [1.54, 1.807) is 0 Å². The van der Waals surface area contributed by atoms with Crippen LogP contribution in [0.5, 0.6) is 0 Å². The average molecular weight is 335 g/mol. The van der Waals surface area contributed by atoms with Crippen LogP contribution in [-0.2, 0) is 0 Å². The van der Waals surface area contributed by atoms with E-state index in [1.807, 2.05) is 0 Å². The predicted octanol–water partition coefficient (Wildman–Crippen LogP) is 2.69. The highest BCUT2D eigenvalue weighted by molar-refractivity contribution is 6.41. The molecule has 0 saturated carbocycles. The summed E-state index contributed by atoms with van der Waals surface area (Å²) in [4.78, 5) is 29.6. The molecule has 0 radical (unpaired) electrons. The topological polar surface area (TPSA) is 79.0 Å². The SMILES string of the molecule is O=C1c2cnc3[nH]ncc3c2C(=O)N1c1c(F)ccc(F)c1Cl. The van der Waals surface area contributed by atoms with E-state index in [-0.39, 0.29) is 11.1 Å². The highest BCUT2D eigenvalue weighted by Gasteiger charge is 2.41. The third kappa shape index (κ3) is 1.72. The van der Waals surface area contributed by atoms with E-state index in [0.717, 1.165) is 12.1 Å². The van der Waals surface area contributed by atoms with Crippen molar-refractivity contribution >= 4 is 40.1 Å². The average Bonchev–Trinajstić information content (AvgIpc) is 3.09. The van der Waals surface area contributed by atoms with E-state index in [4.69, 9.17) is 11.6 Å². The van der Waals surface area contributed by atoms with Crippen LogP contribution in [0.4, 0.5) is 14.5 Å². The Labute approximate surface area is 131 Å². The molecule has 1 aliphatic heterocycles. The van der Waals surface area contributed by atoms with Gasteiger partial charge in [0.15, 0.2) is 5.65 Å². The number of H-pyrrole nitrogens is 1. The van der Waals surface area contributed by atoms with Crippen molar-refractivity contribution in [3.8, 4) is 0 Å². The summed E-state index contributed by atoms with van der Waals surface area (Å²) in [6.45, 7) is 0. The van der Waals surface area contributed by atoms with E-state index >= 15 is 0 Å². The Morgan fingerprint density at radius 3 is 2.61 bits per heavy atom. The third-order valence-electron chi connectivity index (χ3n) is 3.57. The fourth-order valence-electron chi connectivity index (χ4n) is 2.54. The largest absolute Gasteiger partial charge is 0.268 e. The lowest BCUT2D eigenvalue weighted by molar-refractivity contribution is 0.0925. The number of nitrogens with zero attached hydrogens (tertiary/aromatic N) is 3. The number of halogens is 3. The highest BCUT2D eigenvalue weighted by atomic mass is 35.5. The second-order valence-electron chi connectivity index (χ2n) is 4.82. The number of rotatable bonds is 1. The van der Waals surface area contributed by atoms with Crippen LogP contribution >= 0.6 is 11.6 Å². The monoisotopic (exact) mass is 334 g/mol. The molecular formula is C14H5ClF2N4O2. The van der Waals surface area contributed by atoms with E-state index in [9.17, 15) is 18.4 Å². The maximum Gasteiger partial charge on any atom is 0.267 e. The summed E-state index contributed by atoms with van der Waals surface area (Å²) in [6, 6.07) is 1.61. The van der Waals surface area contributed by atoms with Crippen LogP contribution in [0.15, 0.2) is 24.5 Å². The smallest absolute Gasteiger partial charge is 0.267 e. The van der Waals surface area contributed by atoms with Crippen LogP contribution in [0.1, 0.15) is 20.7 Å². The van der Waals surface area contributed by atoms with Crippen molar-refractivity contribution in [1.82, 2.24) is 15.2 Å². The number of amides is 2. The van der Waals surface area contributed by atoms with Gasteiger partial charge in [-0.05, 0) is 12.1 Å². The maximum absolute atomic E-state index is 14.1. The molecule has 2 amide bonds. The number of benzene rings is 1. The molecule has 1 aromatic carbocycles. The third-order valence-corrected chi connectivity index (χ3v) is 3.93. The summed E-state index contributed by atoms with van der Waals surface area (Å²) in [6.07, 6.45) is 2.51. The van der Waals surface area contributed by atoms with Crippen LogP contribution in [0.3, 0.4) is 0 Å². The number of fused-ring (bicyclic) bond motifs is 3. The van der Waals surface area contributed by atoms with Gasteiger partial charge in [0.2, 0.25) is 0 Å². The Hall–Kier alpha value is -2.87. The van der Waals surface area contributed by atoms with Crippen molar-refractivity contribution in [2.75, 3.05) is 4.90 Å². The Morgan fingerprint density at radius 1 is 1.09 bits per heavy atom. The first kappa shape index (κ1) is 13.8. The van der Waals surface area contributed by atoms with E-state index in [2.05, 4.69) is 15.2 Å². The van der Waals surface area contributed by atoms with Crippen LogP contribution in [0.2, 0.25) is 5.02 Å². The quantitative estimate of drug-likeness (QED) is 0.548. The van der Waals surface area contributed by atoms with Gasteiger partial charge in [-0.3, -0.25) is 14.7 Å². The molecule has 0 spiro atoms. The van der Waals surface area contributed by atoms with E-state index in [1.165, 1.54) is 12.4 Å². The Bertz CT molecular complexity index is 1020. The Balaban J connectivity index is 1.99. The number of anilines is 1. The summed E-state index contributed by atoms with van der Waals surface area (Å²) < 4.78 is 27.7. The van der Waals surface area contributed by atoms with Gasteiger partial charge < -0.3 is 0 Å². The van der Waals surface area contributed by atoms with Gasteiger partial charge in [-0.25, -0.2) is 18.7 Å². The van der Waals surface area contributed by atoms with Gasteiger partial charge in [0, 0.05) is 6.20 Å². The van der Waals surface area contributed by atoms with Crippen molar-refractivity contribution in [2.45, 2.75) is 0 Å². The van der Waals surface area contributed by atoms with Crippen LogP contribution in [0.25, 0.3) is 11.0 Å². The van der Waals surface area contributed by atoms with Gasteiger partial charge in [0.05, 0.1) is 22.7 Å². The number of hydrogen-bond acceptors (Lipinski definition) is 4. The number of aromatic nitrogens is 3. The minimum atomic E-state index is -0.984. The fraction of sp³-hybridized carbons (Fsp3) is 0. The molecule has 0 atom stereocenters. The molecule has 4 rings (SSSR count). The summed E-state index contributed by atoms with van der Waals surface area (Å²) in [7, 11) is 0. The van der Waals surface area contributed by atoms with Crippen molar-refractivity contribution in [3.05, 3.63) is 52.3 Å². The molecule has 0 saturated heterocycles. The number of carbonyl (C=O) groups excluding carboxylic acids is 2. The van der Waals surface area contributed by atoms with Crippen molar-refractivity contribution < 1.29 is 18.4 Å². The zero-order valence-corrected chi connectivity index (χ0v) is 11.9. The molecule has 0 fully saturated rings. The van der Waals surface area contributed by atoms with Crippen LogP contribution < -0.4 is 4.90 Å².